The van der Waals surface area contributed by atoms with Crippen molar-refractivity contribution in [3.05, 3.63) is 54.6 Å². The number of amides is 3. The molecule has 3 amide bonds. The van der Waals surface area contributed by atoms with E-state index in [1.165, 1.54) is 9.80 Å². The predicted molar refractivity (Wildman–Crippen MR) is 158 cm³/mol. The molecular weight excluding hydrogens is 562 g/mol. The summed E-state index contributed by atoms with van der Waals surface area (Å²) in [5, 5.41) is 12.5. The number of allylic oxidation sites excluding steroid dienone is 1. The number of halogens is 1. The molecule has 3 fully saturated rings. The van der Waals surface area contributed by atoms with Gasteiger partial charge in [-0.1, -0.05) is 35.9 Å². The first-order chi connectivity index (χ1) is 20.2. The molecule has 6 atom stereocenters. The second-order valence-electron chi connectivity index (χ2n) is 11.1. The van der Waals surface area contributed by atoms with Crippen molar-refractivity contribution in [2.45, 2.75) is 69.3 Å². The van der Waals surface area contributed by atoms with Gasteiger partial charge in [0.15, 0.2) is 0 Å². The smallest absolute Gasteiger partial charge is 0.312 e. The highest BCUT2D eigenvalue weighted by Gasteiger charge is 2.75. The van der Waals surface area contributed by atoms with E-state index in [2.05, 4.69) is 18.5 Å². The van der Waals surface area contributed by atoms with Crippen LogP contribution in [0.2, 0.25) is 5.02 Å². The van der Waals surface area contributed by atoms with Crippen LogP contribution in [0.25, 0.3) is 0 Å². The third-order valence-electron chi connectivity index (χ3n) is 8.31. The molecule has 0 unspecified atom stereocenters. The quantitative estimate of drug-likeness (QED) is 0.180. The van der Waals surface area contributed by atoms with E-state index in [1.807, 2.05) is 0 Å². The van der Waals surface area contributed by atoms with Crippen molar-refractivity contribution in [3.63, 3.8) is 0 Å². The Morgan fingerprint density at radius 3 is 2.74 bits per heavy atom. The van der Waals surface area contributed by atoms with Crippen LogP contribution in [0.4, 0.5) is 5.69 Å². The minimum atomic E-state index is -1.20. The number of nitrogens with zero attached hydrogens (tertiary/aromatic N) is 2. The highest BCUT2D eigenvalue weighted by molar-refractivity contribution is 6.34. The molecule has 3 heterocycles. The maximum Gasteiger partial charge on any atom is 0.312 e. The van der Waals surface area contributed by atoms with E-state index in [1.54, 1.807) is 43.3 Å². The number of rotatable bonds is 15. The number of ether oxygens (including phenoxy) is 2. The molecule has 4 rings (SSSR count). The van der Waals surface area contributed by atoms with Crippen molar-refractivity contribution in [1.29, 1.82) is 0 Å². The lowest BCUT2D eigenvalue weighted by Gasteiger charge is -2.37. The zero-order chi connectivity index (χ0) is 30.4. The summed E-state index contributed by atoms with van der Waals surface area (Å²) in [6.07, 6.45) is 4.75. The number of carbonyl (C=O) groups excluding carboxylic acids is 4. The number of aliphatic hydroxyl groups is 1. The van der Waals surface area contributed by atoms with E-state index in [0.29, 0.717) is 49.2 Å². The summed E-state index contributed by atoms with van der Waals surface area (Å²) in [5.74, 6) is -3.22. The van der Waals surface area contributed by atoms with Gasteiger partial charge in [0.25, 0.3) is 5.91 Å². The first-order valence-electron chi connectivity index (χ1n) is 14.5. The second-order valence-corrected chi connectivity index (χ2v) is 11.5. The first kappa shape index (κ1) is 31.7. The Morgan fingerprint density at radius 2 is 2.05 bits per heavy atom. The number of benzene rings is 1. The van der Waals surface area contributed by atoms with Crippen molar-refractivity contribution >= 4 is 41.0 Å². The van der Waals surface area contributed by atoms with Crippen LogP contribution in [0, 0.1) is 11.8 Å². The number of hydrogen-bond donors (Lipinski definition) is 2. The number of hydrogen-bond acceptors (Lipinski definition) is 7. The molecule has 10 nitrogen and oxygen atoms in total. The van der Waals surface area contributed by atoms with Crippen LogP contribution < -0.4 is 10.2 Å². The molecular formula is C31H40ClN3O7. The highest BCUT2D eigenvalue weighted by atomic mass is 35.5. The van der Waals surface area contributed by atoms with Crippen molar-refractivity contribution in [2.24, 2.45) is 11.8 Å². The fraction of sp³-hybridized carbons (Fsp3) is 0.548. The van der Waals surface area contributed by atoms with Gasteiger partial charge in [-0.3, -0.25) is 19.2 Å². The number of carbonyl (C=O) groups is 4. The third-order valence-corrected chi connectivity index (χ3v) is 8.63. The van der Waals surface area contributed by atoms with Crippen molar-refractivity contribution in [2.75, 3.05) is 31.1 Å². The van der Waals surface area contributed by atoms with Crippen LogP contribution in [0.1, 0.15) is 45.4 Å². The molecule has 0 aliphatic carbocycles. The molecule has 0 radical (unpaired) electrons. The van der Waals surface area contributed by atoms with E-state index < -0.39 is 41.7 Å². The summed E-state index contributed by atoms with van der Waals surface area (Å²) in [5.41, 5.74) is -0.719. The molecule has 0 aromatic heterocycles. The topological polar surface area (TPSA) is 125 Å². The molecule has 11 heteroatoms. The van der Waals surface area contributed by atoms with Gasteiger partial charge >= 0.3 is 5.97 Å². The lowest BCUT2D eigenvalue weighted by Crippen LogP contribution is -2.56. The summed E-state index contributed by atoms with van der Waals surface area (Å²) in [4.78, 5) is 57.0. The number of unbranched alkanes of at least 4 members (excludes halogenated alkanes) is 1. The predicted octanol–water partition coefficient (Wildman–Crippen LogP) is 3.02. The summed E-state index contributed by atoms with van der Waals surface area (Å²) in [7, 11) is 0. The van der Waals surface area contributed by atoms with E-state index in [4.69, 9.17) is 21.1 Å². The van der Waals surface area contributed by atoms with Gasteiger partial charge in [0, 0.05) is 26.1 Å². The Hall–Kier alpha value is -3.21. The zero-order valence-corrected chi connectivity index (χ0v) is 24.8. The SMILES string of the molecule is C=CCCC(=O)NC[C@H](C)OC(=O)[C@@H]1[C@@H]2CC[C@]3(O2)[C@H](C(=O)N(CC=C)c2ccccc2Cl)N(CCCCO)C(=O)[C@@H]13. The van der Waals surface area contributed by atoms with Gasteiger partial charge in [0.05, 0.1) is 35.2 Å². The average Bonchev–Trinajstić information content (AvgIpc) is 3.61. The van der Waals surface area contributed by atoms with E-state index in [-0.39, 0.29) is 44.0 Å². The number of nitrogens with one attached hydrogen (secondary N) is 1. The summed E-state index contributed by atoms with van der Waals surface area (Å²) in [6, 6.07) is 5.97. The Labute approximate surface area is 251 Å². The third kappa shape index (κ3) is 6.11. The molecule has 2 bridgehead atoms. The maximum absolute atomic E-state index is 14.4. The molecule has 228 valence electrons. The van der Waals surface area contributed by atoms with Crippen LogP contribution in [-0.2, 0) is 28.7 Å². The molecule has 1 spiro atoms. The van der Waals surface area contributed by atoms with Crippen molar-refractivity contribution < 1.29 is 33.8 Å². The molecule has 2 N–H and O–H groups in total. The Balaban J connectivity index is 1.60. The van der Waals surface area contributed by atoms with Gasteiger partial charge in [-0.25, -0.2) is 0 Å². The highest BCUT2D eigenvalue weighted by Crippen LogP contribution is 2.59. The summed E-state index contributed by atoms with van der Waals surface area (Å²) >= 11 is 6.48. The van der Waals surface area contributed by atoms with Crippen molar-refractivity contribution in [1.82, 2.24) is 10.2 Å². The fourth-order valence-corrected chi connectivity index (χ4v) is 6.72. The van der Waals surface area contributed by atoms with Gasteiger partial charge in [-0.15, -0.1) is 13.2 Å². The lowest BCUT2D eigenvalue weighted by atomic mass is 9.70. The second kappa shape index (κ2) is 13.8. The molecule has 42 heavy (non-hydrogen) atoms. The van der Waals surface area contributed by atoms with Crippen molar-refractivity contribution in [3.8, 4) is 0 Å². The van der Waals surface area contributed by atoms with Gasteiger partial charge in [-0.2, -0.15) is 0 Å². The van der Waals surface area contributed by atoms with Gasteiger partial charge in [-0.05, 0) is 51.2 Å². The molecule has 0 saturated carbocycles. The Kier molecular flexibility index (Phi) is 10.5. The summed E-state index contributed by atoms with van der Waals surface area (Å²) < 4.78 is 12.2. The molecule has 1 aromatic carbocycles. The molecule has 3 aliphatic heterocycles. The Bertz CT molecular complexity index is 1210. The number of likely N-dealkylation sites (tertiary alicyclic amines) is 1. The largest absolute Gasteiger partial charge is 0.460 e. The molecule has 3 saturated heterocycles. The normalized spacial score (nSPS) is 26.5. The van der Waals surface area contributed by atoms with Gasteiger partial charge in [0.2, 0.25) is 11.8 Å². The number of anilines is 1. The lowest BCUT2D eigenvalue weighted by molar-refractivity contribution is -0.159. The number of esters is 1. The minimum absolute atomic E-state index is 0.0486. The van der Waals surface area contributed by atoms with Crippen LogP contribution in [0.5, 0.6) is 0 Å². The summed E-state index contributed by atoms with van der Waals surface area (Å²) in [6.45, 7) is 9.55. The van der Waals surface area contributed by atoms with E-state index in [9.17, 15) is 24.3 Å². The zero-order valence-electron chi connectivity index (χ0n) is 24.0. The van der Waals surface area contributed by atoms with E-state index in [0.717, 1.165) is 0 Å². The van der Waals surface area contributed by atoms with Crippen LogP contribution in [0.3, 0.4) is 0 Å². The van der Waals surface area contributed by atoms with Crippen LogP contribution >= 0.6 is 11.6 Å². The molecule has 1 aromatic rings. The minimum Gasteiger partial charge on any atom is -0.460 e. The van der Waals surface area contributed by atoms with Gasteiger partial charge in [0.1, 0.15) is 17.7 Å². The van der Waals surface area contributed by atoms with Crippen LogP contribution in [-0.4, -0.2) is 83.8 Å². The average molecular weight is 602 g/mol. The van der Waals surface area contributed by atoms with E-state index >= 15 is 0 Å². The standard InChI is InChI=1S/C31H40ClN3O7/c1-4-6-13-24(37)33-19-20(3)41-30(40)25-23-14-15-31(42-23)26(25)28(38)35(17-9-10-18-36)27(31)29(39)34(16-5-2)22-12-8-7-11-21(22)32/h4-5,7-8,11-12,20,23,25-27,36H,1-2,6,9-10,13-19H2,3H3,(H,33,37)/t20-,23-,25+,26+,27-,31+/m0/s1. The first-order valence-corrected chi connectivity index (χ1v) is 14.9. The Morgan fingerprint density at radius 1 is 1.29 bits per heavy atom. The maximum atomic E-state index is 14.4. The van der Waals surface area contributed by atoms with Crippen LogP contribution in [0.15, 0.2) is 49.6 Å². The number of fused-ring (bicyclic) bond motifs is 1. The monoisotopic (exact) mass is 601 g/mol. The fourth-order valence-electron chi connectivity index (χ4n) is 6.49. The number of aliphatic hydroxyl groups excluding tert-OH is 1. The van der Waals surface area contributed by atoms with Gasteiger partial charge < -0.3 is 29.7 Å². The number of para-hydroxylation sites is 1. The molecule has 3 aliphatic rings.